The van der Waals surface area contributed by atoms with Gasteiger partial charge in [0.15, 0.2) is 0 Å². The molecule has 0 aliphatic heterocycles. The van der Waals surface area contributed by atoms with Crippen LogP contribution >= 0.6 is 0 Å². The molecule has 2 rings (SSSR count). The van der Waals surface area contributed by atoms with Crippen molar-refractivity contribution in [3.8, 4) is 5.75 Å². The molecule has 0 saturated carbocycles. The van der Waals surface area contributed by atoms with Crippen LogP contribution < -0.4 is 10.5 Å². The molecule has 4 nitrogen and oxygen atoms in total. The lowest BCUT2D eigenvalue weighted by Gasteiger charge is -2.28. The lowest BCUT2D eigenvalue weighted by Crippen LogP contribution is -2.34. The second-order valence-corrected chi connectivity index (χ2v) is 5.62. The number of aliphatic hydroxyl groups is 1. The molecule has 25 heavy (non-hydrogen) atoms. The lowest BCUT2D eigenvalue weighted by molar-refractivity contribution is -0.274. The van der Waals surface area contributed by atoms with Gasteiger partial charge in [-0.3, -0.25) is 0 Å². The summed E-state index contributed by atoms with van der Waals surface area (Å²) in [4.78, 5) is 0. The number of ether oxygens (including phenoxy) is 2. The third kappa shape index (κ3) is 6.04. The highest BCUT2D eigenvalue weighted by Gasteiger charge is 2.31. The third-order valence-corrected chi connectivity index (χ3v) is 3.61. The zero-order valence-corrected chi connectivity index (χ0v) is 13.5. The minimum Gasteiger partial charge on any atom is -0.406 e. The summed E-state index contributed by atoms with van der Waals surface area (Å²) < 4.78 is 46.2. The largest absolute Gasteiger partial charge is 0.573 e. The molecule has 0 heterocycles. The molecule has 0 radical (unpaired) electrons. The van der Waals surface area contributed by atoms with Gasteiger partial charge in [0.1, 0.15) is 11.4 Å². The van der Waals surface area contributed by atoms with Gasteiger partial charge in [0.05, 0.1) is 13.2 Å². The van der Waals surface area contributed by atoms with E-state index in [2.05, 4.69) is 4.74 Å². The van der Waals surface area contributed by atoms with Gasteiger partial charge in [-0.1, -0.05) is 42.5 Å². The maximum Gasteiger partial charge on any atom is 0.573 e. The Labute approximate surface area is 144 Å². The number of alkyl halides is 3. The minimum atomic E-state index is -4.74. The van der Waals surface area contributed by atoms with Crippen LogP contribution in [0.2, 0.25) is 0 Å². The van der Waals surface area contributed by atoms with Crippen LogP contribution in [0.3, 0.4) is 0 Å². The van der Waals surface area contributed by atoms with Gasteiger partial charge in [-0.15, -0.1) is 13.2 Å². The second-order valence-electron chi connectivity index (χ2n) is 5.62. The molecule has 0 saturated heterocycles. The van der Waals surface area contributed by atoms with E-state index in [1.54, 1.807) is 30.3 Å². The first kappa shape index (κ1) is 19.2. The normalized spacial score (nSPS) is 14.1. The monoisotopic (exact) mass is 355 g/mol. The van der Waals surface area contributed by atoms with Crippen molar-refractivity contribution in [2.75, 3.05) is 13.2 Å². The Morgan fingerprint density at radius 1 is 1.00 bits per heavy atom. The van der Waals surface area contributed by atoms with E-state index in [-0.39, 0.29) is 25.5 Å². The molecule has 136 valence electrons. The van der Waals surface area contributed by atoms with Gasteiger partial charge in [0.2, 0.25) is 0 Å². The quantitative estimate of drug-likeness (QED) is 0.762. The number of rotatable bonds is 8. The summed E-state index contributed by atoms with van der Waals surface area (Å²) in [6, 6.07) is 14.5. The Bertz CT molecular complexity index is 664. The fourth-order valence-corrected chi connectivity index (χ4v) is 2.46. The zero-order chi connectivity index (χ0) is 18.3. The summed E-state index contributed by atoms with van der Waals surface area (Å²) in [5, 5.41) is 10.8. The van der Waals surface area contributed by atoms with Crippen molar-refractivity contribution in [1.82, 2.24) is 0 Å². The summed E-state index contributed by atoms with van der Waals surface area (Å²) in [6.45, 7) is 0.275. The van der Waals surface area contributed by atoms with Crippen molar-refractivity contribution in [2.24, 2.45) is 5.73 Å². The predicted octanol–water partition coefficient (Wildman–Crippen LogP) is 3.34. The predicted molar refractivity (Wildman–Crippen MR) is 86.8 cm³/mol. The van der Waals surface area contributed by atoms with E-state index in [4.69, 9.17) is 10.5 Å². The number of benzene rings is 2. The lowest BCUT2D eigenvalue weighted by atomic mass is 9.91. The smallest absolute Gasteiger partial charge is 0.406 e. The van der Waals surface area contributed by atoms with Gasteiger partial charge >= 0.3 is 6.36 Å². The van der Waals surface area contributed by atoms with Gasteiger partial charge in [-0.2, -0.15) is 0 Å². The highest BCUT2D eigenvalue weighted by Crippen LogP contribution is 2.26. The van der Waals surface area contributed by atoms with E-state index in [1.807, 2.05) is 6.07 Å². The molecule has 3 N–H and O–H groups in total. The van der Waals surface area contributed by atoms with Crippen molar-refractivity contribution in [3.05, 3.63) is 65.7 Å². The van der Waals surface area contributed by atoms with Crippen molar-refractivity contribution in [3.63, 3.8) is 0 Å². The fourth-order valence-electron chi connectivity index (χ4n) is 2.46. The Morgan fingerprint density at radius 2 is 1.72 bits per heavy atom. The van der Waals surface area contributed by atoms with Crippen LogP contribution in [-0.4, -0.2) is 24.6 Å². The van der Waals surface area contributed by atoms with Gasteiger partial charge in [-0.25, -0.2) is 0 Å². The first-order valence-electron chi connectivity index (χ1n) is 7.73. The van der Waals surface area contributed by atoms with Crippen LogP contribution in [0.25, 0.3) is 0 Å². The van der Waals surface area contributed by atoms with Gasteiger partial charge < -0.3 is 20.3 Å². The van der Waals surface area contributed by atoms with Crippen LogP contribution in [0.1, 0.15) is 17.5 Å². The molecule has 0 bridgehead atoms. The first-order valence-corrected chi connectivity index (χ1v) is 7.73. The molecule has 0 aliphatic rings. The van der Waals surface area contributed by atoms with Crippen molar-refractivity contribution in [2.45, 2.75) is 25.0 Å². The van der Waals surface area contributed by atoms with Crippen LogP contribution in [0.15, 0.2) is 54.6 Å². The molecule has 2 aromatic rings. The van der Waals surface area contributed by atoms with Crippen LogP contribution in [-0.2, 0) is 16.9 Å². The average molecular weight is 355 g/mol. The molecule has 0 aliphatic carbocycles. The van der Waals surface area contributed by atoms with Gasteiger partial charge in [-0.05, 0) is 36.2 Å². The molecule has 1 unspecified atom stereocenters. The average Bonchev–Trinajstić information content (AvgIpc) is 2.55. The number of nitrogens with two attached hydrogens (primary N) is 1. The van der Waals surface area contributed by atoms with E-state index in [0.717, 1.165) is 0 Å². The van der Waals surface area contributed by atoms with Crippen molar-refractivity contribution < 1.29 is 27.8 Å². The summed E-state index contributed by atoms with van der Waals surface area (Å²) >= 11 is 0. The van der Waals surface area contributed by atoms with Crippen LogP contribution in [0.4, 0.5) is 13.2 Å². The number of hydrogen-bond acceptors (Lipinski definition) is 4. The molecule has 1 atom stereocenters. The molecular formula is C18H20F3NO3. The zero-order valence-electron chi connectivity index (χ0n) is 13.5. The molecular weight excluding hydrogens is 335 g/mol. The maximum atomic E-state index is 12.3. The molecule has 0 aromatic heterocycles. The van der Waals surface area contributed by atoms with Crippen molar-refractivity contribution in [1.29, 1.82) is 0 Å². The van der Waals surface area contributed by atoms with E-state index in [9.17, 15) is 18.3 Å². The summed E-state index contributed by atoms with van der Waals surface area (Å²) in [7, 11) is 0. The topological polar surface area (TPSA) is 64.7 Å². The molecule has 0 fully saturated rings. The second kappa shape index (κ2) is 8.33. The highest BCUT2D eigenvalue weighted by atomic mass is 19.4. The SMILES string of the molecule is NCCC(O)(COCc1cccc(OC(F)(F)F)c1)c1ccccc1. The number of hydrogen-bond donors (Lipinski definition) is 2. The molecule has 0 amide bonds. The summed E-state index contributed by atoms with van der Waals surface area (Å²) in [5.41, 5.74) is 5.50. The molecule has 0 spiro atoms. The van der Waals surface area contributed by atoms with E-state index in [1.165, 1.54) is 18.2 Å². The summed E-state index contributed by atoms with van der Waals surface area (Å²) in [5.74, 6) is -0.311. The Kier molecular flexibility index (Phi) is 6.41. The maximum absolute atomic E-state index is 12.3. The minimum absolute atomic E-state index is 0.0292. The Morgan fingerprint density at radius 3 is 2.36 bits per heavy atom. The van der Waals surface area contributed by atoms with Crippen LogP contribution in [0.5, 0.6) is 5.75 Å². The van der Waals surface area contributed by atoms with Crippen molar-refractivity contribution >= 4 is 0 Å². The van der Waals surface area contributed by atoms with E-state index < -0.39 is 12.0 Å². The highest BCUT2D eigenvalue weighted by molar-refractivity contribution is 5.28. The van der Waals surface area contributed by atoms with Gasteiger partial charge in [0.25, 0.3) is 0 Å². The van der Waals surface area contributed by atoms with E-state index in [0.29, 0.717) is 17.5 Å². The van der Waals surface area contributed by atoms with Crippen LogP contribution in [0, 0.1) is 0 Å². The fraction of sp³-hybridized carbons (Fsp3) is 0.333. The number of halogens is 3. The molecule has 2 aromatic carbocycles. The first-order chi connectivity index (χ1) is 11.8. The molecule has 7 heteroatoms. The standard InChI is InChI=1S/C18H20F3NO3/c19-18(20,21)25-16-8-4-5-14(11-16)12-24-13-17(23,9-10-22)15-6-2-1-3-7-15/h1-8,11,23H,9-10,12-13,22H2. The third-order valence-electron chi connectivity index (χ3n) is 3.61. The Hall–Kier alpha value is -2.09. The summed E-state index contributed by atoms with van der Waals surface area (Å²) in [6.07, 6.45) is -4.44. The van der Waals surface area contributed by atoms with Gasteiger partial charge in [0, 0.05) is 0 Å². The van der Waals surface area contributed by atoms with E-state index >= 15 is 0 Å². The Balaban J connectivity index is 1.99.